The maximum atomic E-state index is 13.7. The molecule has 0 spiro atoms. The summed E-state index contributed by atoms with van der Waals surface area (Å²) in [5.74, 6) is -0.194. The number of benzene rings is 8. The van der Waals surface area contributed by atoms with Crippen LogP contribution in [0.5, 0.6) is 5.75 Å². The third-order valence-electron chi connectivity index (χ3n) is 16.1. The number of carbonyl (C=O) groups is 2. The SMILES string of the molecule is CC1=CCC(COCCC[C@H](c2ccccc2)[C@H](NS(=O)(=O)c2ccc(OC=O)cc2)c2ccccc2)=CC1.CCN.CCNC(=O)c1ccc(S(=O)(=O)N[C@H](c2ccccc2)[C@H](CCCOCC2=CCC(C)=CC2)c2ccccc2)cc1.Cc1ccccc1.Cc1ccccc1.ClCCl.P=S.P=S. The van der Waals surface area contributed by atoms with Gasteiger partial charge in [-0.3, -0.25) is 9.59 Å². The summed E-state index contributed by atoms with van der Waals surface area (Å²) in [4.78, 5) is 23.0. The lowest BCUT2D eigenvalue weighted by molar-refractivity contribution is -0.120. The molecule has 13 nitrogen and oxygen atoms in total. The van der Waals surface area contributed by atoms with Crippen LogP contribution in [0.1, 0.15) is 147 Å². The first-order valence-electron chi connectivity index (χ1n) is 34.4. The lowest BCUT2D eigenvalue weighted by Gasteiger charge is -2.29. The van der Waals surface area contributed by atoms with Crippen LogP contribution in [0.4, 0.5) is 0 Å². The summed E-state index contributed by atoms with van der Waals surface area (Å²) in [5.41, 5.74) is 17.2. The molecule has 10 rings (SSSR count). The van der Waals surface area contributed by atoms with Gasteiger partial charge in [-0.25, -0.2) is 26.3 Å². The number of alkyl halides is 2. The van der Waals surface area contributed by atoms with Gasteiger partial charge in [0.2, 0.25) is 20.0 Å². The molecule has 0 aliphatic heterocycles. The highest BCUT2D eigenvalue weighted by Gasteiger charge is 2.32. The van der Waals surface area contributed by atoms with Gasteiger partial charge >= 0.3 is 0 Å². The molecule has 2 aliphatic rings. The fourth-order valence-electron chi connectivity index (χ4n) is 10.9. The third kappa shape index (κ3) is 35.8. The smallest absolute Gasteiger partial charge is 0.298 e. The van der Waals surface area contributed by atoms with E-state index in [1.54, 1.807) is 12.1 Å². The van der Waals surface area contributed by atoms with Gasteiger partial charge in [-0.05, 0) is 190 Å². The summed E-state index contributed by atoms with van der Waals surface area (Å²) >= 11 is 17.3. The maximum absolute atomic E-state index is 13.7. The molecule has 0 radical (unpaired) electrons. The number of hydrogen-bond acceptors (Lipinski definition) is 12. The Balaban J connectivity index is 0.000000410. The van der Waals surface area contributed by atoms with E-state index in [9.17, 15) is 26.4 Å². The topological polar surface area (TPSA) is 192 Å². The largest absolute Gasteiger partial charge is 0.429 e. The van der Waals surface area contributed by atoms with Crippen LogP contribution in [0, 0.1) is 13.8 Å². The number of allylic oxidation sites excluding steroid dienone is 6. The number of ether oxygens (including phenoxy) is 3. The number of amides is 1. The molecule has 21 heteroatoms. The van der Waals surface area contributed by atoms with E-state index in [4.69, 9.17) is 43.1 Å². The Morgan fingerprint density at radius 3 is 1.10 bits per heavy atom. The molecule has 0 aromatic heterocycles. The van der Waals surface area contributed by atoms with Crippen LogP contribution in [0.2, 0.25) is 0 Å². The lowest BCUT2D eigenvalue weighted by atomic mass is 9.84. The highest BCUT2D eigenvalue weighted by atomic mass is 35.5. The van der Waals surface area contributed by atoms with Gasteiger partial charge in [-0.15, -0.1) is 23.2 Å². The van der Waals surface area contributed by atoms with Crippen LogP contribution in [0.25, 0.3) is 0 Å². The predicted octanol–water partition coefficient (Wildman–Crippen LogP) is 19.8. The van der Waals surface area contributed by atoms with Crippen molar-refractivity contribution in [1.29, 1.82) is 0 Å². The molecular weight excluding hydrogens is 1460 g/mol. The first kappa shape index (κ1) is 91.2. The lowest BCUT2D eigenvalue weighted by Crippen LogP contribution is -2.33. The molecule has 0 bridgehead atoms. The summed E-state index contributed by atoms with van der Waals surface area (Å²) in [6, 6.07) is 70.8. The van der Waals surface area contributed by atoms with Crippen LogP contribution in [0.15, 0.2) is 287 Å². The average molecular weight is 1560 g/mol. The van der Waals surface area contributed by atoms with Crippen molar-refractivity contribution in [2.24, 2.45) is 5.73 Å². The second-order valence-corrected chi connectivity index (χ2v) is 28.2. The van der Waals surface area contributed by atoms with Crippen LogP contribution >= 0.6 is 39.2 Å². The normalized spacial score (nSPS) is 13.2. The average Bonchev–Trinajstić information content (AvgIpc) is 0.805. The number of nitrogens with one attached hydrogen (secondary N) is 3. The zero-order valence-corrected chi connectivity index (χ0v) is 67.2. The molecule has 104 heavy (non-hydrogen) atoms. The number of hydrogen-bond donors (Lipinski definition) is 4. The van der Waals surface area contributed by atoms with Crippen molar-refractivity contribution in [3.8, 4) is 5.75 Å². The van der Waals surface area contributed by atoms with Gasteiger partial charge in [-0.1, -0.05) is 259 Å². The second-order valence-electron chi connectivity index (χ2n) is 24.0. The van der Waals surface area contributed by atoms with E-state index in [0.29, 0.717) is 45.0 Å². The first-order chi connectivity index (χ1) is 50.4. The Bertz CT molecular complexity index is 3970. The summed E-state index contributed by atoms with van der Waals surface area (Å²) in [6.45, 7) is 16.2. The molecule has 0 heterocycles. The predicted molar refractivity (Wildman–Crippen MR) is 442 cm³/mol. The number of aryl methyl sites for hydroxylation is 2. The van der Waals surface area contributed by atoms with Crippen LogP contribution in [-0.4, -0.2) is 74.1 Å². The zero-order valence-electron chi connectivity index (χ0n) is 60.4. The number of rotatable bonds is 28. The summed E-state index contributed by atoms with van der Waals surface area (Å²) in [7, 11) is -2.67. The van der Waals surface area contributed by atoms with E-state index < -0.39 is 32.1 Å². The van der Waals surface area contributed by atoms with E-state index in [0.717, 1.165) is 80.2 Å². The van der Waals surface area contributed by atoms with Crippen molar-refractivity contribution in [1.82, 2.24) is 14.8 Å². The van der Waals surface area contributed by atoms with E-state index >= 15 is 0 Å². The number of sulfonamides is 2. The Labute approximate surface area is 644 Å². The van der Waals surface area contributed by atoms with Gasteiger partial charge in [0, 0.05) is 37.2 Å². The van der Waals surface area contributed by atoms with Crippen molar-refractivity contribution in [3.63, 3.8) is 0 Å². The third-order valence-corrected chi connectivity index (χ3v) is 19.1. The van der Waals surface area contributed by atoms with Crippen LogP contribution < -0.4 is 25.2 Å². The van der Waals surface area contributed by atoms with Crippen molar-refractivity contribution in [3.05, 3.63) is 316 Å². The molecule has 8 aromatic carbocycles. The minimum absolute atomic E-state index is 0.0990. The summed E-state index contributed by atoms with van der Waals surface area (Å²) in [5, 5.41) is 2.93. The van der Waals surface area contributed by atoms with Crippen molar-refractivity contribution in [2.45, 2.75) is 127 Å². The maximum Gasteiger partial charge on any atom is 0.298 e. The van der Waals surface area contributed by atoms with Gasteiger partial charge in [0.25, 0.3) is 12.4 Å². The zero-order chi connectivity index (χ0) is 76.2. The number of halogens is 2. The van der Waals surface area contributed by atoms with Crippen LogP contribution in [0.3, 0.4) is 0 Å². The van der Waals surface area contributed by atoms with Gasteiger partial charge in [0.15, 0.2) is 0 Å². The fourth-order valence-corrected chi connectivity index (χ4v) is 13.4. The van der Waals surface area contributed by atoms with E-state index in [2.05, 4.69) is 143 Å². The van der Waals surface area contributed by atoms with Gasteiger partial charge in [-0.2, -0.15) is 0 Å². The molecule has 0 unspecified atom stereocenters. The van der Waals surface area contributed by atoms with E-state index in [1.165, 1.54) is 69.8 Å². The van der Waals surface area contributed by atoms with Crippen molar-refractivity contribution in [2.75, 3.05) is 44.9 Å². The van der Waals surface area contributed by atoms with Gasteiger partial charge < -0.3 is 25.3 Å². The van der Waals surface area contributed by atoms with Crippen LogP contribution in [-0.2, 0) is 57.9 Å². The summed E-state index contributed by atoms with van der Waals surface area (Å²) in [6.07, 6.45) is 15.9. The number of nitrogens with two attached hydrogens (primary N) is 1. The quantitative estimate of drug-likeness (QED) is 0.0119. The molecule has 2 aliphatic carbocycles. The minimum atomic E-state index is -3.90. The second kappa shape index (κ2) is 54.6. The van der Waals surface area contributed by atoms with Gasteiger partial charge in [0.05, 0.1) is 40.4 Å². The molecule has 5 N–H and O–H groups in total. The molecule has 0 fully saturated rings. The molecule has 1 amide bonds. The Morgan fingerprint density at radius 2 is 0.808 bits per heavy atom. The standard InChI is InChI=1S/C34H40N2O4S.C32H35NO5S.2C7H8.C2H7N.CH2Cl2.2HPS/c1-3-35-34(37)30-20-22-31(23-21-30)41(38,39)36-33(29-13-8-5-9-14-29)32(28-11-6-4-7-12-28)15-10-24-40-25-27-18-16-26(2)17-19-27;1-25-14-16-26(17-15-25)23-37-22-8-13-31(27-9-4-2-5-10-27)32(28-11-6-3-7-12-28)33-39(35,36)30-20-18-29(19-21-30)38-24-34;2*1-7-5-3-2-4-6-7;1-2-3;2-1-3;2*1-2/h4-9,11-14,16,19-23,32-33,36H,3,10,15,17-18,24-25H2,1-2H3,(H,35,37);2-7,9-12,14,17-21,24,31-33H,8,13,15-16,22-23H2,1H3;2*2-6H,1H3;2-3H2,1H3;1H2;2*1H/t32-,33-;31-,32-;;;;;;/m11....../s1. The minimum Gasteiger partial charge on any atom is -0.429 e. The molecule has 8 aromatic rings. The molecular formula is C83H102Cl2N4O9P2S4. The Hall–Kier alpha value is -7.02. The fraction of sp³-hybridized carbons (Fsp3) is 0.301. The molecule has 556 valence electrons. The highest BCUT2D eigenvalue weighted by Crippen LogP contribution is 2.38. The summed E-state index contributed by atoms with van der Waals surface area (Å²) < 4.78 is 77.3. The monoisotopic (exact) mass is 1560 g/mol. The Kier molecular flexibility index (Phi) is 47.8. The van der Waals surface area contributed by atoms with Crippen molar-refractivity contribution >= 4 is 95.3 Å². The molecule has 0 saturated heterocycles. The highest BCUT2D eigenvalue weighted by molar-refractivity contribution is 7.90. The first-order valence-corrected chi connectivity index (χ1v) is 41.7. The molecule has 0 saturated carbocycles. The van der Waals surface area contributed by atoms with E-state index in [1.807, 2.05) is 159 Å². The Morgan fingerprint density at radius 1 is 0.490 bits per heavy atom. The number of carbonyl (C=O) groups excluding carboxylic acids is 2. The molecule has 4 atom stereocenters. The van der Waals surface area contributed by atoms with Crippen molar-refractivity contribution < 1.29 is 40.6 Å². The van der Waals surface area contributed by atoms with Gasteiger partial charge in [0.1, 0.15) is 5.75 Å². The van der Waals surface area contributed by atoms with E-state index in [-0.39, 0.29) is 38.6 Å².